The van der Waals surface area contributed by atoms with Crippen LogP contribution in [0.3, 0.4) is 0 Å². The number of allylic oxidation sites excluding steroid dienone is 5. The summed E-state index contributed by atoms with van der Waals surface area (Å²) in [6, 6.07) is 2.55. The van der Waals surface area contributed by atoms with Crippen LogP contribution in [0.25, 0.3) is 16.8 Å². The molecule has 1 heterocycles. The molecular weight excluding hydrogens is 382 g/mol. The number of rotatable bonds is 5. The molecule has 8 heteroatoms. The van der Waals surface area contributed by atoms with E-state index in [4.69, 9.17) is 16.3 Å². The lowest BCUT2D eigenvalue weighted by Gasteiger charge is -2.09. The lowest BCUT2D eigenvalue weighted by atomic mass is 9.97. The van der Waals surface area contributed by atoms with E-state index in [9.17, 15) is 15.0 Å². The molecule has 0 atom stereocenters. The Labute approximate surface area is 167 Å². The molecule has 1 aromatic carbocycles. The smallest absolute Gasteiger partial charge is 0.269 e. The number of amides is 1. The molecule has 0 fully saturated rings. The Balaban J connectivity index is 2.23. The first kappa shape index (κ1) is 19.6. The van der Waals surface area contributed by atoms with Crippen LogP contribution in [0.1, 0.15) is 29.4 Å². The third-order valence-electron chi connectivity index (χ3n) is 4.27. The second-order valence-corrected chi connectivity index (χ2v) is 6.48. The fraction of sp³-hybridized carbons (Fsp3) is 0.200. The van der Waals surface area contributed by atoms with Crippen LogP contribution in [0.5, 0.6) is 11.5 Å². The molecule has 3 rings (SSSR count). The molecule has 146 valence electrons. The van der Waals surface area contributed by atoms with E-state index in [-0.39, 0.29) is 28.1 Å². The number of benzene rings is 1. The van der Waals surface area contributed by atoms with Gasteiger partial charge in [-0.3, -0.25) is 9.89 Å². The molecule has 0 unspecified atom stereocenters. The van der Waals surface area contributed by atoms with E-state index < -0.39 is 0 Å². The molecule has 0 saturated carbocycles. The summed E-state index contributed by atoms with van der Waals surface area (Å²) in [5.41, 5.74) is 2.10. The largest absolute Gasteiger partial charge is 0.507 e. The van der Waals surface area contributed by atoms with Gasteiger partial charge in [-0.1, -0.05) is 29.8 Å². The molecule has 1 aromatic heterocycles. The van der Waals surface area contributed by atoms with E-state index >= 15 is 0 Å². The van der Waals surface area contributed by atoms with E-state index in [1.54, 1.807) is 7.11 Å². The summed E-state index contributed by atoms with van der Waals surface area (Å²) in [4.78, 5) is 12.6. The maximum absolute atomic E-state index is 12.6. The van der Waals surface area contributed by atoms with Gasteiger partial charge in [-0.25, -0.2) is 0 Å². The highest BCUT2D eigenvalue weighted by Gasteiger charge is 2.24. The minimum atomic E-state index is -0.324. The van der Waals surface area contributed by atoms with Gasteiger partial charge < -0.3 is 20.3 Å². The van der Waals surface area contributed by atoms with Gasteiger partial charge in [0.1, 0.15) is 22.9 Å². The Hall–Kier alpha value is -3.19. The van der Waals surface area contributed by atoms with Crippen molar-refractivity contribution in [3.63, 3.8) is 0 Å². The third-order valence-corrected chi connectivity index (χ3v) is 4.57. The van der Waals surface area contributed by atoms with Gasteiger partial charge in [0, 0.05) is 30.2 Å². The maximum atomic E-state index is 12.6. The summed E-state index contributed by atoms with van der Waals surface area (Å²) in [7, 11) is 1.60. The number of aromatic amines is 1. The van der Waals surface area contributed by atoms with Gasteiger partial charge in [0.25, 0.3) is 5.91 Å². The molecule has 2 aromatic rings. The number of nitrogens with zero attached hydrogens (tertiary/aromatic N) is 1. The van der Waals surface area contributed by atoms with Crippen LogP contribution in [0.15, 0.2) is 42.2 Å². The quantitative estimate of drug-likeness (QED) is 0.610. The van der Waals surface area contributed by atoms with Crippen molar-refractivity contribution in [3.8, 4) is 22.8 Å². The molecule has 4 N–H and O–H groups in total. The van der Waals surface area contributed by atoms with Crippen LogP contribution < -0.4 is 5.32 Å². The van der Waals surface area contributed by atoms with Crippen LogP contribution in [-0.4, -0.2) is 40.0 Å². The van der Waals surface area contributed by atoms with E-state index in [0.29, 0.717) is 35.4 Å². The van der Waals surface area contributed by atoms with Crippen LogP contribution >= 0.6 is 11.6 Å². The number of nitrogens with one attached hydrogen (secondary N) is 2. The molecular formula is C20H20ClN3O4. The number of ether oxygens (including phenoxy) is 1. The molecule has 7 nitrogen and oxygen atoms in total. The summed E-state index contributed by atoms with van der Waals surface area (Å²) in [6.45, 7) is 2.27. The first-order valence-electron chi connectivity index (χ1n) is 8.66. The summed E-state index contributed by atoms with van der Waals surface area (Å²) in [5, 5.41) is 29.9. The third kappa shape index (κ3) is 3.75. The topological polar surface area (TPSA) is 107 Å². The SMILES string of the molecule is CCNC(=O)c1[nH]nc(-c2cc(Cl)c(O)cc2O)c1C1=CC=C(OC)CC=C1. The molecule has 28 heavy (non-hydrogen) atoms. The predicted molar refractivity (Wildman–Crippen MR) is 107 cm³/mol. The first-order chi connectivity index (χ1) is 13.5. The average molecular weight is 402 g/mol. The number of carbonyl (C=O) groups is 1. The van der Waals surface area contributed by atoms with Crippen LogP contribution in [0, 0.1) is 0 Å². The Bertz CT molecular complexity index is 1010. The Morgan fingerprint density at radius 2 is 2.11 bits per heavy atom. The fourth-order valence-electron chi connectivity index (χ4n) is 2.90. The number of phenols is 2. The van der Waals surface area contributed by atoms with Crippen molar-refractivity contribution in [2.45, 2.75) is 13.3 Å². The van der Waals surface area contributed by atoms with E-state index in [2.05, 4.69) is 15.5 Å². The molecule has 0 aliphatic heterocycles. The van der Waals surface area contributed by atoms with E-state index in [1.165, 1.54) is 6.07 Å². The van der Waals surface area contributed by atoms with Gasteiger partial charge in [-0.2, -0.15) is 5.10 Å². The van der Waals surface area contributed by atoms with Crippen molar-refractivity contribution < 1.29 is 19.7 Å². The van der Waals surface area contributed by atoms with Gasteiger partial charge in [0.15, 0.2) is 0 Å². The standard InChI is InChI=1S/C20H20ClN3O4/c1-3-22-20(27)19-17(11-5-4-6-12(28-2)8-7-11)18(23-24-19)13-9-14(21)16(26)10-15(13)25/h4-5,7-10,25-26H,3,6H2,1-2H3,(H,22,27)(H,23,24). The monoisotopic (exact) mass is 401 g/mol. The van der Waals surface area contributed by atoms with Crippen molar-refractivity contribution in [3.05, 3.63) is 58.5 Å². The molecule has 1 aliphatic carbocycles. The molecule has 0 saturated heterocycles. The summed E-state index contributed by atoms with van der Waals surface area (Å²) in [5.74, 6) is -0.00453. The molecule has 1 amide bonds. The van der Waals surface area contributed by atoms with Crippen LogP contribution in [-0.2, 0) is 4.74 Å². The van der Waals surface area contributed by atoms with E-state index in [0.717, 1.165) is 11.8 Å². The van der Waals surface area contributed by atoms with Gasteiger partial charge in [-0.05, 0) is 24.6 Å². The second kappa shape index (κ2) is 8.22. The number of carbonyl (C=O) groups excluding carboxylic acids is 1. The molecule has 0 spiro atoms. The minimum Gasteiger partial charge on any atom is -0.507 e. The Morgan fingerprint density at radius 3 is 2.82 bits per heavy atom. The maximum Gasteiger partial charge on any atom is 0.269 e. The summed E-state index contributed by atoms with van der Waals surface area (Å²) >= 11 is 6.02. The highest BCUT2D eigenvalue weighted by molar-refractivity contribution is 6.32. The van der Waals surface area contributed by atoms with Gasteiger partial charge in [0.2, 0.25) is 0 Å². The summed E-state index contributed by atoms with van der Waals surface area (Å²) in [6.07, 6.45) is 8.01. The van der Waals surface area contributed by atoms with Crippen LogP contribution in [0.2, 0.25) is 5.02 Å². The van der Waals surface area contributed by atoms with Crippen molar-refractivity contribution in [1.29, 1.82) is 0 Å². The predicted octanol–water partition coefficient (Wildman–Crippen LogP) is 3.76. The first-order valence-corrected chi connectivity index (χ1v) is 9.04. The number of H-pyrrole nitrogens is 1. The zero-order valence-electron chi connectivity index (χ0n) is 15.4. The van der Waals surface area contributed by atoms with Crippen LogP contribution in [0.4, 0.5) is 0 Å². The van der Waals surface area contributed by atoms with E-state index in [1.807, 2.05) is 31.2 Å². The van der Waals surface area contributed by atoms with Gasteiger partial charge in [-0.15, -0.1) is 0 Å². The number of phenolic OH excluding ortho intramolecular Hbond substituents is 2. The lowest BCUT2D eigenvalue weighted by Crippen LogP contribution is -2.24. The highest BCUT2D eigenvalue weighted by Crippen LogP contribution is 2.40. The zero-order chi connectivity index (χ0) is 20.3. The second-order valence-electron chi connectivity index (χ2n) is 6.07. The zero-order valence-corrected chi connectivity index (χ0v) is 16.2. The van der Waals surface area contributed by atoms with Crippen molar-refractivity contribution >= 4 is 23.1 Å². The van der Waals surface area contributed by atoms with Gasteiger partial charge in [0.05, 0.1) is 17.9 Å². The van der Waals surface area contributed by atoms with Crippen molar-refractivity contribution in [1.82, 2.24) is 15.5 Å². The normalized spacial score (nSPS) is 13.5. The molecule has 0 radical (unpaired) electrons. The minimum absolute atomic E-state index is 0.0632. The summed E-state index contributed by atoms with van der Waals surface area (Å²) < 4.78 is 5.29. The number of hydrogen-bond donors (Lipinski definition) is 4. The van der Waals surface area contributed by atoms with Gasteiger partial charge >= 0.3 is 0 Å². The number of methoxy groups -OCH3 is 1. The number of aromatic hydroxyl groups is 2. The average Bonchev–Trinajstić information content (AvgIpc) is 2.96. The fourth-order valence-corrected chi connectivity index (χ4v) is 3.06. The number of hydrogen-bond acceptors (Lipinski definition) is 5. The Morgan fingerprint density at radius 1 is 1.32 bits per heavy atom. The number of halogens is 1. The molecule has 0 bridgehead atoms. The highest BCUT2D eigenvalue weighted by atomic mass is 35.5. The Kier molecular flexibility index (Phi) is 5.75. The molecule has 1 aliphatic rings. The number of aromatic nitrogens is 2. The van der Waals surface area contributed by atoms with Crippen molar-refractivity contribution in [2.24, 2.45) is 0 Å². The van der Waals surface area contributed by atoms with Crippen molar-refractivity contribution in [2.75, 3.05) is 13.7 Å². The lowest BCUT2D eigenvalue weighted by molar-refractivity contribution is 0.0950.